The van der Waals surface area contributed by atoms with E-state index >= 15 is 0 Å². The zero-order valence-corrected chi connectivity index (χ0v) is 13.6. The molecule has 0 aliphatic carbocycles. The number of hydrogen-bond acceptors (Lipinski definition) is 4. The fourth-order valence-electron chi connectivity index (χ4n) is 1.67. The second-order valence-electron chi connectivity index (χ2n) is 5.45. The van der Waals surface area contributed by atoms with Gasteiger partial charge in [-0.1, -0.05) is 25.4 Å². The first-order valence-corrected chi connectivity index (χ1v) is 7.80. The third-order valence-corrected chi connectivity index (χ3v) is 2.98. The molecule has 0 spiro atoms. The lowest BCUT2D eigenvalue weighted by atomic mass is 10.2. The maximum absolute atomic E-state index is 9.80. The fourth-order valence-corrected chi connectivity index (χ4v) is 1.80. The van der Waals surface area contributed by atoms with E-state index < -0.39 is 6.10 Å². The molecule has 0 radical (unpaired) electrons. The third-order valence-electron chi connectivity index (χ3n) is 2.73. The van der Waals surface area contributed by atoms with Crippen molar-refractivity contribution >= 4 is 11.6 Å². The predicted octanol–water partition coefficient (Wildman–Crippen LogP) is 2.73. The van der Waals surface area contributed by atoms with E-state index in [4.69, 9.17) is 21.1 Å². The molecular weight excluding hydrogens is 290 g/mol. The van der Waals surface area contributed by atoms with Gasteiger partial charge in [-0.05, 0) is 43.1 Å². The molecule has 1 aromatic rings. The smallest absolute Gasteiger partial charge is 0.119 e. The van der Waals surface area contributed by atoms with Gasteiger partial charge in [0.2, 0.25) is 0 Å². The second kappa shape index (κ2) is 10.9. The Balaban J connectivity index is 1.98. The molecule has 0 aliphatic heterocycles. The summed E-state index contributed by atoms with van der Waals surface area (Å²) >= 11 is 5.79. The summed E-state index contributed by atoms with van der Waals surface area (Å²) in [5.41, 5.74) is 0. The third kappa shape index (κ3) is 9.69. The van der Waals surface area contributed by atoms with Crippen LogP contribution in [0.3, 0.4) is 0 Å². The average molecular weight is 316 g/mol. The van der Waals surface area contributed by atoms with Gasteiger partial charge >= 0.3 is 0 Å². The highest BCUT2D eigenvalue weighted by Gasteiger charge is 2.04. The van der Waals surface area contributed by atoms with Crippen molar-refractivity contribution in [1.29, 1.82) is 0 Å². The molecule has 1 unspecified atom stereocenters. The number of rotatable bonds is 11. The van der Waals surface area contributed by atoms with Gasteiger partial charge in [0.15, 0.2) is 0 Å². The zero-order chi connectivity index (χ0) is 15.5. The Hall–Kier alpha value is -0.810. The highest BCUT2D eigenvalue weighted by molar-refractivity contribution is 6.30. The second-order valence-corrected chi connectivity index (χ2v) is 5.88. The van der Waals surface area contributed by atoms with Crippen LogP contribution in [0.4, 0.5) is 0 Å². The number of aliphatic hydroxyl groups excluding tert-OH is 1. The first kappa shape index (κ1) is 18.2. The van der Waals surface area contributed by atoms with Gasteiger partial charge in [-0.2, -0.15) is 0 Å². The van der Waals surface area contributed by atoms with E-state index in [0.717, 1.165) is 26.2 Å². The molecular formula is C16H26ClNO3. The van der Waals surface area contributed by atoms with E-state index in [2.05, 4.69) is 19.2 Å². The summed E-state index contributed by atoms with van der Waals surface area (Å²) in [6, 6.07) is 7.10. The van der Waals surface area contributed by atoms with Crippen LogP contribution < -0.4 is 10.1 Å². The van der Waals surface area contributed by atoms with E-state index in [-0.39, 0.29) is 6.61 Å². The van der Waals surface area contributed by atoms with Crippen molar-refractivity contribution in [2.45, 2.75) is 26.4 Å². The van der Waals surface area contributed by atoms with E-state index in [1.807, 2.05) is 0 Å². The van der Waals surface area contributed by atoms with Gasteiger partial charge in [0.25, 0.3) is 0 Å². The van der Waals surface area contributed by atoms with Crippen LogP contribution in [0.15, 0.2) is 24.3 Å². The van der Waals surface area contributed by atoms with Crippen LogP contribution in [0, 0.1) is 5.92 Å². The maximum Gasteiger partial charge on any atom is 0.119 e. The number of halogens is 1. The van der Waals surface area contributed by atoms with E-state index in [9.17, 15) is 5.11 Å². The lowest BCUT2D eigenvalue weighted by Gasteiger charge is -2.13. The first-order chi connectivity index (χ1) is 10.1. The molecule has 1 rings (SSSR count). The number of benzene rings is 1. The molecule has 21 heavy (non-hydrogen) atoms. The topological polar surface area (TPSA) is 50.7 Å². The number of ether oxygens (including phenoxy) is 2. The molecule has 0 bridgehead atoms. The number of hydrogen-bond donors (Lipinski definition) is 2. The van der Waals surface area contributed by atoms with Gasteiger partial charge in [-0.3, -0.25) is 0 Å². The standard InChI is InChI=1S/C16H26ClNO3/c1-13(2)11-20-9-3-8-18-10-15(19)12-21-16-6-4-14(17)5-7-16/h4-7,13,15,18-19H,3,8-12H2,1-2H3. The minimum atomic E-state index is -0.530. The number of aliphatic hydroxyl groups is 1. The van der Waals surface area contributed by atoms with Crippen molar-refractivity contribution in [2.75, 3.05) is 32.9 Å². The fraction of sp³-hybridized carbons (Fsp3) is 0.625. The molecule has 5 heteroatoms. The molecule has 0 fully saturated rings. The monoisotopic (exact) mass is 315 g/mol. The first-order valence-electron chi connectivity index (χ1n) is 7.43. The molecule has 0 aliphatic rings. The molecule has 1 aromatic carbocycles. The summed E-state index contributed by atoms with van der Waals surface area (Å²) in [6.07, 6.45) is 0.412. The van der Waals surface area contributed by atoms with E-state index in [1.54, 1.807) is 24.3 Å². The van der Waals surface area contributed by atoms with Crippen molar-refractivity contribution in [2.24, 2.45) is 5.92 Å². The SMILES string of the molecule is CC(C)COCCCNCC(O)COc1ccc(Cl)cc1. The predicted molar refractivity (Wildman–Crippen MR) is 86.1 cm³/mol. The van der Waals surface area contributed by atoms with Crippen molar-refractivity contribution < 1.29 is 14.6 Å². The Morgan fingerprint density at radius 3 is 2.57 bits per heavy atom. The lowest BCUT2D eigenvalue weighted by Crippen LogP contribution is -2.32. The molecule has 0 heterocycles. The van der Waals surface area contributed by atoms with Crippen LogP contribution in [0.25, 0.3) is 0 Å². The summed E-state index contributed by atoms with van der Waals surface area (Å²) in [5, 5.41) is 13.7. The lowest BCUT2D eigenvalue weighted by molar-refractivity contribution is 0.0980. The molecule has 1 atom stereocenters. The maximum atomic E-state index is 9.80. The normalized spacial score (nSPS) is 12.6. The van der Waals surface area contributed by atoms with Crippen molar-refractivity contribution in [3.63, 3.8) is 0 Å². The van der Waals surface area contributed by atoms with Gasteiger partial charge in [0.05, 0.1) is 0 Å². The van der Waals surface area contributed by atoms with Crippen LogP contribution in [-0.4, -0.2) is 44.1 Å². The Bertz CT molecular complexity index is 370. The summed E-state index contributed by atoms with van der Waals surface area (Å²) in [6.45, 7) is 7.43. The summed E-state index contributed by atoms with van der Waals surface area (Å²) in [4.78, 5) is 0. The Kier molecular flexibility index (Phi) is 9.42. The van der Waals surface area contributed by atoms with Gasteiger partial charge in [-0.25, -0.2) is 0 Å². The van der Waals surface area contributed by atoms with Gasteiger partial charge in [0.1, 0.15) is 18.5 Å². The largest absolute Gasteiger partial charge is 0.491 e. The van der Waals surface area contributed by atoms with Crippen molar-refractivity contribution in [3.8, 4) is 5.75 Å². The van der Waals surface area contributed by atoms with E-state index in [1.165, 1.54) is 0 Å². The van der Waals surface area contributed by atoms with Crippen molar-refractivity contribution in [3.05, 3.63) is 29.3 Å². The minimum absolute atomic E-state index is 0.262. The molecule has 0 saturated heterocycles. The van der Waals surface area contributed by atoms with Crippen LogP contribution in [-0.2, 0) is 4.74 Å². The van der Waals surface area contributed by atoms with E-state index in [0.29, 0.717) is 23.2 Å². The molecule has 4 nitrogen and oxygen atoms in total. The Morgan fingerprint density at radius 2 is 1.90 bits per heavy atom. The number of nitrogens with one attached hydrogen (secondary N) is 1. The van der Waals surface area contributed by atoms with Crippen LogP contribution >= 0.6 is 11.6 Å². The minimum Gasteiger partial charge on any atom is -0.491 e. The van der Waals surface area contributed by atoms with Crippen LogP contribution in [0.1, 0.15) is 20.3 Å². The molecule has 0 aromatic heterocycles. The molecule has 0 saturated carbocycles. The van der Waals surface area contributed by atoms with Gasteiger partial charge in [-0.15, -0.1) is 0 Å². The molecule has 0 amide bonds. The van der Waals surface area contributed by atoms with Gasteiger partial charge < -0.3 is 19.9 Å². The highest BCUT2D eigenvalue weighted by Crippen LogP contribution is 2.15. The van der Waals surface area contributed by atoms with Crippen LogP contribution in [0.5, 0.6) is 5.75 Å². The quantitative estimate of drug-likeness (QED) is 0.617. The van der Waals surface area contributed by atoms with Crippen LogP contribution in [0.2, 0.25) is 5.02 Å². The summed E-state index contributed by atoms with van der Waals surface area (Å²) in [5.74, 6) is 1.28. The summed E-state index contributed by atoms with van der Waals surface area (Å²) in [7, 11) is 0. The van der Waals surface area contributed by atoms with Crippen molar-refractivity contribution in [1.82, 2.24) is 5.32 Å². The summed E-state index contributed by atoms with van der Waals surface area (Å²) < 4.78 is 11.0. The molecule has 2 N–H and O–H groups in total. The highest BCUT2D eigenvalue weighted by atomic mass is 35.5. The van der Waals surface area contributed by atoms with Gasteiger partial charge in [0, 0.05) is 24.8 Å². The Labute approximate surface area is 132 Å². The zero-order valence-electron chi connectivity index (χ0n) is 12.8. The average Bonchev–Trinajstić information content (AvgIpc) is 2.45. The molecule has 120 valence electrons. The Morgan fingerprint density at radius 1 is 1.19 bits per heavy atom.